The van der Waals surface area contributed by atoms with Crippen molar-refractivity contribution in [2.24, 2.45) is 0 Å². The Labute approximate surface area is 178 Å². The van der Waals surface area contributed by atoms with Crippen molar-refractivity contribution in [3.63, 3.8) is 0 Å². The number of ether oxygens (including phenoxy) is 1. The van der Waals surface area contributed by atoms with Crippen LogP contribution >= 0.6 is 15.9 Å². The summed E-state index contributed by atoms with van der Waals surface area (Å²) in [6, 6.07) is 6.86. The predicted molar refractivity (Wildman–Crippen MR) is 118 cm³/mol. The average molecular weight is 452 g/mol. The first-order valence-electron chi connectivity index (χ1n) is 10.5. The zero-order valence-electron chi connectivity index (χ0n) is 17.7. The van der Waals surface area contributed by atoms with Crippen molar-refractivity contribution < 1.29 is 9.53 Å². The SMILES string of the molecule is C[C@@H]1CN(c2cc(Br)cc(CN3CCCCC3)c2)CCN1C(=O)OC(C)(C)C. The standard InChI is InChI=1S/C22H34BrN3O2/c1-17-15-25(10-11-26(17)21(27)28-22(2,3)4)20-13-18(12-19(23)14-20)16-24-8-6-5-7-9-24/h12-14,17H,5-11,15-16H2,1-4H3/t17-/m1/s1. The van der Waals surface area contributed by atoms with E-state index in [0.29, 0.717) is 6.54 Å². The highest BCUT2D eigenvalue weighted by atomic mass is 79.9. The maximum absolute atomic E-state index is 12.5. The van der Waals surface area contributed by atoms with Crippen LogP contribution in [0.2, 0.25) is 0 Å². The zero-order valence-corrected chi connectivity index (χ0v) is 19.3. The number of piperazine rings is 1. The molecule has 1 aromatic carbocycles. The third-order valence-corrected chi connectivity index (χ3v) is 5.88. The summed E-state index contributed by atoms with van der Waals surface area (Å²) < 4.78 is 6.69. The number of carbonyl (C=O) groups is 1. The first-order valence-corrected chi connectivity index (χ1v) is 11.3. The minimum absolute atomic E-state index is 0.119. The van der Waals surface area contributed by atoms with Crippen LogP contribution < -0.4 is 4.90 Å². The van der Waals surface area contributed by atoms with Gasteiger partial charge >= 0.3 is 6.09 Å². The predicted octanol–water partition coefficient (Wildman–Crippen LogP) is 4.88. The molecule has 5 nitrogen and oxygen atoms in total. The highest BCUT2D eigenvalue weighted by molar-refractivity contribution is 9.10. The Morgan fingerprint density at radius 3 is 2.46 bits per heavy atom. The Hall–Kier alpha value is -1.27. The number of hydrogen-bond donors (Lipinski definition) is 0. The van der Waals surface area contributed by atoms with Crippen molar-refractivity contribution in [2.45, 2.75) is 65.1 Å². The summed E-state index contributed by atoms with van der Waals surface area (Å²) in [5.41, 5.74) is 2.13. The number of likely N-dealkylation sites (tertiary alicyclic amines) is 1. The monoisotopic (exact) mass is 451 g/mol. The van der Waals surface area contributed by atoms with Gasteiger partial charge in [-0.3, -0.25) is 4.90 Å². The van der Waals surface area contributed by atoms with Gasteiger partial charge in [0.05, 0.1) is 0 Å². The molecule has 0 N–H and O–H groups in total. The van der Waals surface area contributed by atoms with Gasteiger partial charge in [0.25, 0.3) is 0 Å². The molecule has 6 heteroatoms. The molecule has 2 heterocycles. The van der Waals surface area contributed by atoms with Gasteiger partial charge in [-0.15, -0.1) is 0 Å². The van der Waals surface area contributed by atoms with Gasteiger partial charge in [-0.2, -0.15) is 0 Å². The Bertz CT molecular complexity index is 683. The van der Waals surface area contributed by atoms with E-state index < -0.39 is 5.60 Å². The van der Waals surface area contributed by atoms with Crippen molar-refractivity contribution in [3.05, 3.63) is 28.2 Å². The van der Waals surface area contributed by atoms with Crippen molar-refractivity contribution in [3.8, 4) is 0 Å². The minimum atomic E-state index is -0.457. The third kappa shape index (κ3) is 5.86. The van der Waals surface area contributed by atoms with Crippen LogP contribution in [0.25, 0.3) is 0 Å². The Balaban J connectivity index is 1.65. The van der Waals surface area contributed by atoms with Crippen molar-refractivity contribution in [1.29, 1.82) is 0 Å². The quantitative estimate of drug-likeness (QED) is 0.655. The maximum Gasteiger partial charge on any atom is 0.410 e. The number of nitrogens with zero attached hydrogens (tertiary/aromatic N) is 3. The molecule has 2 aliphatic heterocycles. The molecule has 28 heavy (non-hydrogen) atoms. The molecular weight excluding hydrogens is 418 g/mol. The average Bonchev–Trinajstić information content (AvgIpc) is 2.60. The van der Waals surface area contributed by atoms with Gasteiger partial charge in [-0.05, 0) is 77.4 Å². The molecule has 1 atom stereocenters. The first-order chi connectivity index (χ1) is 13.2. The highest BCUT2D eigenvalue weighted by Gasteiger charge is 2.31. The van der Waals surface area contributed by atoms with Crippen LogP contribution in [-0.4, -0.2) is 60.3 Å². The number of anilines is 1. The van der Waals surface area contributed by atoms with Crippen molar-refractivity contribution in [2.75, 3.05) is 37.6 Å². The lowest BCUT2D eigenvalue weighted by molar-refractivity contribution is 0.0159. The summed E-state index contributed by atoms with van der Waals surface area (Å²) in [6.07, 6.45) is 3.77. The van der Waals surface area contributed by atoms with Crippen LogP contribution in [0.1, 0.15) is 52.5 Å². The molecule has 0 unspecified atom stereocenters. The maximum atomic E-state index is 12.5. The summed E-state index contributed by atoms with van der Waals surface area (Å²) in [7, 11) is 0. The fourth-order valence-electron chi connectivity index (χ4n) is 4.07. The normalized spacial score (nSPS) is 21.7. The number of amides is 1. The molecule has 2 aliphatic rings. The van der Waals surface area contributed by atoms with E-state index in [1.807, 2.05) is 25.7 Å². The molecule has 0 saturated carbocycles. The van der Waals surface area contributed by atoms with Crippen molar-refractivity contribution in [1.82, 2.24) is 9.80 Å². The molecule has 0 aliphatic carbocycles. The second-order valence-corrected chi connectivity index (χ2v) is 10.0. The number of halogens is 1. The second kappa shape index (κ2) is 9.04. The third-order valence-electron chi connectivity index (χ3n) is 5.42. The molecule has 0 bridgehead atoms. The summed E-state index contributed by atoms with van der Waals surface area (Å²) >= 11 is 3.70. The van der Waals surface area contributed by atoms with E-state index in [-0.39, 0.29) is 12.1 Å². The molecule has 1 aromatic rings. The second-order valence-electron chi connectivity index (χ2n) is 9.12. The van der Waals surface area contributed by atoms with E-state index in [1.165, 1.54) is 43.6 Å². The lowest BCUT2D eigenvalue weighted by atomic mass is 10.1. The van der Waals surface area contributed by atoms with Crippen LogP contribution in [0.5, 0.6) is 0 Å². The van der Waals surface area contributed by atoms with Crippen LogP contribution in [-0.2, 0) is 11.3 Å². The van der Waals surface area contributed by atoms with E-state index in [2.05, 4.69) is 50.9 Å². The van der Waals surface area contributed by atoms with Gasteiger partial charge in [-0.1, -0.05) is 22.4 Å². The van der Waals surface area contributed by atoms with Gasteiger partial charge in [-0.25, -0.2) is 4.79 Å². The summed E-state index contributed by atoms with van der Waals surface area (Å²) in [4.78, 5) is 19.3. The van der Waals surface area contributed by atoms with Gasteiger partial charge < -0.3 is 14.5 Å². The van der Waals surface area contributed by atoms with E-state index >= 15 is 0 Å². The lowest BCUT2D eigenvalue weighted by Gasteiger charge is -2.41. The van der Waals surface area contributed by atoms with Crippen LogP contribution in [0.15, 0.2) is 22.7 Å². The summed E-state index contributed by atoms with van der Waals surface area (Å²) in [6.45, 7) is 13.6. The Kier molecular flexibility index (Phi) is 6.92. The molecule has 2 fully saturated rings. The minimum Gasteiger partial charge on any atom is -0.444 e. The lowest BCUT2D eigenvalue weighted by Crippen LogP contribution is -2.55. The van der Waals surface area contributed by atoms with Crippen molar-refractivity contribution >= 4 is 27.7 Å². The van der Waals surface area contributed by atoms with E-state index in [4.69, 9.17) is 4.74 Å². The fourth-order valence-corrected chi connectivity index (χ4v) is 4.60. The smallest absolute Gasteiger partial charge is 0.410 e. The number of piperidine rings is 1. The van der Waals surface area contributed by atoms with Crippen LogP contribution in [0, 0.1) is 0 Å². The number of carbonyl (C=O) groups excluding carboxylic acids is 1. The van der Waals surface area contributed by atoms with E-state index in [9.17, 15) is 4.79 Å². The van der Waals surface area contributed by atoms with Gasteiger partial charge in [0.15, 0.2) is 0 Å². The highest BCUT2D eigenvalue weighted by Crippen LogP contribution is 2.27. The number of rotatable bonds is 3. The number of hydrogen-bond acceptors (Lipinski definition) is 4. The van der Waals surface area contributed by atoms with Gasteiger partial charge in [0.2, 0.25) is 0 Å². The molecular formula is C22H34BrN3O2. The fraction of sp³-hybridized carbons (Fsp3) is 0.682. The van der Waals surface area contributed by atoms with E-state index in [0.717, 1.165) is 24.1 Å². The number of benzene rings is 1. The van der Waals surface area contributed by atoms with E-state index in [1.54, 1.807) is 0 Å². The largest absolute Gasteiger partial charge is 0.444 e. The first kappa shape index (κ1) is 21.4. The molecule has 0 aromatic heterocycles. The van der Waals surface area contributed by atoms with Gasteiger partial charge in [0, 0.05) is 42.4 Å². The summed E-state index contributed by atoms with van der Waals surface area (Å²) in [5.74, 6) is 0. The zero-order chi connectivity index (χ0) is 20.3. The molecule has 0 spiro atoms. The van der Waals surface area contributed by atoms with Crippen LogP contribution in [0.3, 0.4) is 0 Å². The Morgan fingerprint density at radius 2 is 1.82 bits per heavy atom. The van der Waals surface area contributed by atoms with Gasteiger partial charge in [0.1, 0.15) is 5.60 Å². The molecule has 156 valence electrons. The molecule has 3 rings (SSSR count). The molecule has 0 radical (unpaired) electrons. The molecule has 1 amide bonds. The Morgan fingerprint density at radius 1 is 1.11 bits per heavy atom. The summed E-state index contributed by atoms with van der Waals surface area (Å²) in [5, 5.41) is 0. The molecule has 2 saturated heterocycles. The topological polar surface area (TPSA) is 36.0 Å². The van der Waals surface area contributed by atoms with Crippen LogP contribution in [0.4, 0.5) is 10.5 Å².